The van der Waals surface area contributed by atoms with Gasteiger partial charge in [0.05, 0.1) is 0 Å². The predicted molar refractivity (Wildman–Crippen MR) is 49.3 cm³/mol. The Hall–Kier alpha value is -0.720. The van der Waals surface area contributed by atoms with Crippen LogP contribution >= 0.6 is 0 Å². The molecule has 1 heteroatoms. The van der Waals surface area contributed by atoms with Gasteiger partial charge in [-0.05, 0) is 12.3 Å². The lowest BCUT2D eigenvalue weighted by Crippen LogP contribution is -2.18. The summed E-state index contributed by atoms with van der Waals surface area (Å²) in [5, 5.41) is 0. The Kier molecular flexibility index (Phi) is 2.75. The summed E-state index contributed by atoms with van der Waals surface area (Å²) in [6.45, 7) is 12.4. The minimum absolute atomic E-state index is 0.844. The van der Waals surface area contributed by atoms with E-state index < -0.39 is 0 Å². The molecule has 0 aromatic rings. The summed E-state index contributed by atoms with van der Waals surface area (Å²) < 4.78 is 0. The highest BCUT2D eigenvalue weighted by Gasteiger charge is 2.18. The highest BCUT2D eigenvalue weighted by Crippen LogP contribution is 2.20. The van der Waals surface area contributed by atoms with Gasteiger partial charge in [-0.3, -0.25) is 0 Å². The molecule has 0 saturated carbocycles. The van der Waals surface area contributed by atoms with E-state index in [0.717, 1.165) is 12.3 Å². The highest BCUT2D eigenvalue weighted by molar-refractivity contribution is 5.01. The van der Waals surface area contributed by atoms with Gasteiger partial charge >= 0.3 is 0 Å². The lowest BCUT2D eigenvalue weighted by molar-refractivity contribution is 0.405. The molecule has 0 aliphatic carbocycles. The second-order valence-corrected chi connectivity index (χ2v) is 3.40. The van der Waals surface area contributed by atoms with E-state index in [1.165, 1.54) is 25.2 Å². The van der Waals surface area contributed by atoms with Gasteiger partial charge in [-0.25, -0.2) is 0 Å². The molecule has 0 N–H and O–H groups in total. The largest absolute Gasteiger partial charge is 0.375 e. The van der Waals surface area contributed by atoms with Crippen LogP contribution < -0.4 is 0 Å². The van der Waals surface area contributed by atoms with Crippen molar-refractivity contribution in [3.8, 4) is 0 Å². The molecule has 1 saturated heterocycles. The van der Waals surface area contributed by atoms with Gasteiger partial charge in [0.1, 0.15) is 0 Å². The van der Waals surface area contributed by atoms with Crippen molar-refractivity contribution in [3.05, 3.63) is 24.9 Å². The van der Waals surface area contributed by atoms with E-state index in [-0.39, 0.29) is 0 Å². The molecular formula is C10H17N. The van der Waals surface area contributed by atoms with E-state index in [1.807, 2.05) is 6.08 Å². The van der Waals surface area contributed by atoms with E-state index in [1.54, 1.807) is 0 Å². The molecule has 0 aromatic heterocycles. The Labute approximate surface area is 69.4 Å². The molecule has 1 atom stereocenters. The molecule has 1 nitrogen and oxygen atoms in total. The lowest BCUT2D eigenvalue weighted by atomic mass is 10.2. The zero-order valence-corrected chi connectivity index (χ0v) is 7.34. The molecule has 1 fully saturated rings. The molecule has 1 rings (SSSR count). The van der Waals surface area contributed by atoms with Crippen LogP contribution in [0.5, 0.6) is 0 Å². The van der Waals surface area contributed by atoms with E-state index in [9.17, 15) is 0 Å². The summed E-state index contributed by atoms with van der Waals surface area (Å²) in [6.07, 6.45) is 4.17. The predicted octanol–water partition coefficient (Wildman–Crippen LogP) is 2.42. The quantitative estimate of drug-likeness (QED) is 0.560. The summed E-state index contributed by atoms with van der Waals surface area (Å²) in [5.41, 5.74) is 1.23. The first-order valence-corrected chi connectivity index (χ1v) is 4.27. The first kappa shape index (κ1) is 8.38. The fourth-order valence-electron chi connectivity index (χ4n) is 1.52. The minimum atomic E-state index is 0.844. The van der Waals surface area contributed by atoms with Crippen molar-refractivity contribution in [1.29, 1.82) is 0 Å². The zero-order valence-electron chi connectivity index (χ0n) is 7.34. The van der Waals surface area contributed by atoms with Gasteiger partial charge in [-0.15, -0.1) is 6.58 Å². The fourth-order valence-corrected chi connectivity index (χ4v) is 1.52. The minimum Gasteiger partial charge on any atom is -0.375 e. The van der Waals surface area contributed by atoms with Crippen molar-refractivity contribution in [2.24, 2.45) is 5.92 Å². The maximum atomic E-state index is 4.02. The van der Waals surface area contributed by atoms with Crippen LogP contribution in [0.1, 0.15) is 19.8 Å². The Balaban J connectivity index is 2.36. The molecule has 0 spiro atoms. The van der Waals surface area contributed by atoms with Crippen molar-refractivity contribution in [2.75, 3.05) is 13.1 Å². The molecule has 0 bridgehead atoms. The third-order valence-corrected chi connectivity index (χ3v) is 2.25. The van der Waals surface area contributed by atoms with Crippen LogP contribution in [0.15, 0.2) is 24.9 Å². The first-order valence-electron chi connectivity index (χ1n) is 4.27. The van der Waals surface area contributed by atoms with Gasteiger partial charge in [-0.1, -0.05) is 19.6 Å². The van der Waals surface area contributed by atoms with Crippen LogP contribution in [0.3, 0.4) is 0 Å². The van der Waals surface area contributed by atoms with Crippen molar-refractivity contribution < 1.29 is 0 Å². The van der Waals surface area contributed by atoms with Gasteiger partial charge < -0.3 is 4.90 Å². The molecule has 1 aliphatic heterocycles. The number of hydrogen-bond acceptors (Lipinski definition) is 1. The monoisotopic (exact) mass is 151 g/mol. The zero-order chi connectivity index (χ0) is 8.27. The van der Waals surface area contributed by atoms with E-state index in [2.05, 4.69) is 25.0 Å². The van der Waals surface area contributed by atoms with Crippen molar-refractivity contribution in [1.82, 2.24) is 4.90 Å². The summed E-state index contributed by atoms with van der Waals surface area (Å²) in [6, 6.07) is 0. The van der Waals surface area contributed by atoms with E-state index in [4.69, 9.17) is 0 Å². The van der Waals surface area contributed by atoms with Crippen LogP contribution in [0.4, 0.5) is 0 Å². The Morgan fingerprint density at radius 1 is 1.73 bits per heavy atom. The first-order chi connectivity index (χ1) is 5.24. The number of likely N-dealkylation sites (tertiary alicyclic amines) is 1. The Morgan fingerprint density at radius 3 is 2.91 bits per heavy atom. The van der Waals surface area contributed by atoms with Gasteiger partial charge in [0.15, 0.2) is 0 Å². The summed E-state index contributed by atoms with van der Waals surface area (Å²) in [5.74, 6) is 0.844. The molecule has 11 heavy (non-hydrogen) atoms. The second-order valence-electron chi connectivity index (χ2n) is 3.40. The molecule has 0 unspecified atom stereocenters. The number of nitrogens with zero attached hydrogens (tertiary/aromatic N) is 1. The fraction of sp³-hybridized carbons (Fsp3) is 0.600. The maximum absolute atomic E-state index is 4.02. The average molecular weight is 151 g/mol. The van der Waals surface area contributed by atoms with Crippen molar-refractivity contribution in [2.45, 2.75) is 19.8 Å². The van der Waals surface area contributed by atoms with Crippen molar-refractivity contribution in [3.63, 3.8) is 0 Å². The normalized spacial score (nSPS) is 23.7. The molecule has 1 aliphatic rings. The topological polar surface area (TPSA) is 3.24 Å². The summed E-state index contributed by atoms with van der Waals surface area (Å²) in [7, 11) is 0. The SMILES string of the molecule is C=CCC(=C)N1CC[C@@H](C)C1. The summed E-state index contributed by atoms with van der Waals surface area (Å²) >= 11 is 0. The average Bonchev–Trinajstić information content (AvgIpc) is 2.36. The number of allylic oxidation sites excluding steroid dienone is 1. The van der Waals surface area contributed by atoms with Crippen LogP contribution in [0, 0.1) is 5.92 Å². The van der Waals surface area contributed by atoms with E-state index >= 15 is 0 Å². The molecule has 0 aromatic carbocycles. The maximum Gasteiger partial charge on any atom is 0.0201 e. The smallest absolute Gasteiger partial charge is 0.0201 e. The Morgan fingerprint density at radius 2 is 2.45 bits per heavy atom. The van der Waals surface area contributed by atoms with Crippen molar-refractivity contribution >= 4 is 0 Å². The molecule has 0 amide bonds. The molecular weight excluding hydrogens is 134 g/mol. The van der Waals surface area contributed by atoms with Gasteiger partial charge in [0, 0.05) is 25.2 Å². The third kappa shape index (κ3) is 2.11. The van der Waals surface area contributed by atoms with Gasteiger partial charge in [-0.2, -0.15) is 0 Å². The van der Waals surface area contributed by atoms with E-state index in [0.29, 0.717) is 0 Å². The number of hydrogen-bond donors (Lipinski definition) is 0. The number of rotatable bonds is 3. The van der Waals surface area contributed by atoms with Crippen LogP contribution in [0.25, 0.3) is 0 Å². The third-order valence-electron chi connectivity index (χ3n) is 2.25. The van der Waals surface area contributed by atoms with Crippen LogP contribution in [-0.4, -0.2) is 18.0 Å². The van der Waals surface area contributed by atoms with Gasteiger partial charge in [0.25, 0.3) is 0 Å². The Bertz CT molecular complexity index is 160. The molecule has 1 heterocycles. The van der Waals surface area contributed by atoms with Gasteiger partial charge in [0.2, 0.25) is 0 Å². The molecule has 0 radical (unpaired) electrons. The van der Waals surface area contributed by atoms with Crippen LogP contribution in [0.2, 0.25) is 0 Å². The standard InChI is InChI=1S/C10H17N/c1-4-5-10(3)11-7-6-9(2)8-11/h4,9H,1,3,5-8H2,2H3/t9-/m1/s1. The summed E-state index contributed by atoms with van der Waals surface area (Å²) in [4.78, 5) is 2.37. The molecule has 62 valence electrons. The highest BCUT2D eigenvalue weighted by atomic mass is 15.2. The van der Waals surface area contributed by atoms with Crippen LogP contribution in [-0.2, 0) is 0 Å². The second kappa shape index (κ2) is 3.61. The lowest BCUT2D eigenvalue weighted by Gasteiger charge is -2.19.